The third-order valence-corrected chi connectivity index (χ3v) is 5.51. The molecule has 0 unspecified atom stereocenters. The highest BCUT2D eigenvalue weighted by Crippen LogP contribution is 2.28. The lowest BCUT2D eigenvalue weighted by molar-refractivity contribution is 0.0410. The third kappa shape index (κ3) is 4.50. The molecule has 4 rings (SSSR count). The first-order chi connectivity index (χ1) is 13.3. The van der Waals surface area contributed by atoms with E-state index in [2.05, 4.69) is 20.1 Å². The fourth-order valence-corrected chi connectivity index (χ4v) is 4.12. The first-order valence-corrected chi connectivity index (χ1v) is 10.2. The quantitative estimate of drug-likeness (QED) is 0.590. The van der Waals surface area contributed by atoms with Crippen LogP contribution in [0.2, 0.25) is 5.02 Å². The number of thioether (sulfide) groups is 1. The van der Waals surface area contributed by atoms with Gasteiger partial charge in [-0.05, 0) is 30.3 Å². The molecule has 3 heterocycles. The average Bonchev–Trinajstić information content (AvgIpc) is 3.13. The zero-order chi connectivity index (χ0) is 18.5. The van der Waals surface area contributed by atoms with Crippen LogP contribution in [0, 0.1) is 0 Å². The highest BCUT2D eigenvalue weighted by molar-refractivity contribution is 7.99. The van der Waals surface area contributed by atoms with Crippen molar-refractivity contribution in [2.24, 2.45) is 0 Å². The summed E-state index contributed by atoms with van der Waals surface area (Å²) in [5.74, 6) is 1.70. The average molecular weight is 402 g/mol. The summed E-state index contributed by atoms with van der Waals surface area (Å²) in [4.78, 5) is 6.63. The molecule has 2 aromatic heterocycles. The van der Waals surface area contributed by atoms with E-state index in [1.165, 1.54) is 0 Å². The molecule has 1 saturated heterocycles. The van der Waals surface area contributed by atoms with E-state index in [9.17, 15) is 0 Å². The van der Waals surface area contributed by atoms with Crippen LogP contribution < -0.4 is 0 Å². The molecule has 0 amide bonds. The number of rotatable bonds is 6. The van der Waals surface area contributed by atoms with Crippen LogP contribution in [0.3, 0.4) is 0 Å². The van der Waals surface area contributed by atoms with Gasteiger partial charge in [0.1, 0.15) is 0 Å². The van der Waals surface area contributed by atoms with Crippen molar-refractivity contribution in [3.05, 3.63) is 53.8 Å². The fourth-order valence-electron chi connectivity index (χ4n) is 2.98. The number of benzene rings is 1. The molecule has 0 spiro atoms. The molecule has 1 aromatic carbocycles. The molecule has 140 valence electrons. The molecule has 0 saturated carbocycles. The van der Waals surface area contributed by atoms with E-state index in [4.69, 9.17) is 16.3 Å². The molecule has 0 radical (unpaired) electrons. The lowest BCUT2D eigenvalue weighted by Gasteiger charge is -2.26. The number of nitrogens with zero attached hydrogens (tertiary/aromatic N) is 5. The number of morpholine rings is 1. The highest BCUT2D eigenvalue weighted by atomic mass is 35.5. The van der Waals surface area contributed by atoms with Gasteiger partial charge >= 0.3 is 0 Å². The summed E-state index contributed by atoms with van der Waals surface area (Å²) in [5.41, 5.74) is 1.87. The van der Waals surface area contributed by atoms with Crippen LogP contribution in [0.5, 0.6) is 0 Å². The number of ether oxygens (including phenoxy) is 1. The van der Waals surface area contributed by atoms with Crippen LogP contribution in [0.1, 0.15) is 0 Å². The Morgan fingerprint density at radius 3 is 2.78 bits per heavy atom. The van der Waals surface area contributed by atoms with E-state index in [1.807, 2.05) is 41.0 Å². The Bertz CT molecular complexity index is 883. The molecule has 6 nitrogen and oxygen atoms in total. The lowest BCUT2D eigenvalue weighted by atomic mass is 10.2. The molecular formula is C19H20ClN5OS. The van der Waals surface area contributed by atoms with Crippen LogP contribution in [0.4, 0.5) is 0 Å². The van der Waals surface area contributed by atoms with Gasteiger partial charge in [0.05, 0.1) is 18.9 Å². The Morgan fingerprint density at radius 2 is 2.00 bits per heavy atom. The Kier molecular flexibility index (Phi) is 6.03. The Morgan fingerprint density at radius 1 is 1.11 bits per heavy atom. The molecule has 1 aliphatic rings. The molecule has 8 heteroatoms. The Hall–Kier alpha value is -1.93. The second kappa shape index (κ2) is 8.84. The van der Waals surface area contributed by atoms with E-state index in [-0.39, 0.29) is 0 Å². The normalized spacial score (nSPS) is 15.1. The number of aromatic nitrogens is 4. The summed E-state index contributed by atoms with van der Waals surface area (Å²) >= 11 is 7.93. The van der Waals surface area contributed by atoms with Crippen molar-refractivity contribution in [2.45, 2.75) is 5.16 Å². The smallest absolute Gasteiger partial charge is 0.196 e. The molecule has 27 heavy (non-hydrogen) atoms. The highest BCUT2D eigenvalue weighted by Gasteiger charge is 2.17. The van der Waals surface area contributed by atoms with Crippen LogP contribution in [-0.2, 0) is 4.74 Å². The topological polar surface area (TPSA) is 56.1 Å². The first kappa shape index (κ1) is 18.4. The minimum atomic E-state index is 0.683. The maximum Gasteiger partial charge on any atom is 0.196 e. The zero-order valence-corrected chi connectivity index (χ0v) is 16.4. The third-order valence-electron chi connectivity index (χ3n) is 4.36. The summed E-state index contributed by atoms with van der Waals surface area (Å²) in [6, 6.07) is 11.6. The number of halogens is 1. The second-order valence-corrected chi connectivity index (χ2v) is 7.66. The summed E-state index contributed by atoms with van der Waals surface area (Å²) in [7, 11) is 0. The molecule has 0 atom stereocenters. The van der Waals surface area contributed by atoms with Gasteiger partial charge in [-0.1, -0.05) is 29.4 Å². The van der Waals surface area contributed by atoms with E-state index in [0.29, 0.717) is 5.02 Å². The van der Waals surface area contributed by atoms with Crippen molar-refractivity contribution in [1.29, 1.82) is 0 Å². The molecule has 1 fully saturated rings. The van der Waals surface area contributed by atoms with Gasteiger partial charge in [0.2, 0.25) is 0 Å². The van der Waals surface area contributed by atoms with Crippen LogP contribution in [-0.4, -0.2) is 63.2 Å². The number of hydrogen-bond donors (Lipinski definition) is 0. The largest absolute Gasteiger partial charge is 0.379 e. The fraction of sp³-hybridized carbons (Fsp3) is 0.316. The van der Waals surface area contributed by atoms with E-state index in [1.54, 1.807) is 24.2 Å². The Labute approximate surface area is 167 Å². The molecular weight excluding hydrogens is 382 g/mol. The summed E-state index contributed by atoms with van der Waals surface area (Å²) in [6.07, 6.45) is 3.55. The lowest BCUT2D eigenvalue weighted by Crippen LogP contribution is -2.37. The standard InChI is InChI=1S/C19H20ClN5OS/c20-16-4-1-5-17(13-16)25-18(15-3-2-6-21-14-15)22-23-19(25)27-12-9-24-7-10-26-11-8-24/h1-6,13-14H,7-12H2. The second-order valence-electron chi connectivity index (χ2n) is 6.17. The molecule has 0 aliphatic carbocycles. The van der Waals surface area contributed by atoms with Gasteiger partial charge in [-0.15, -0.1) is 10.2 Å². The van der Waals surface area contributed by atoms with E-state index >= 15 is 0 Å². The number of pyridine rings is 1. The zero-order valence-electron chi connectivity index (χ0n) is 14.8. The molecule has 1 aliphatic heterocycles. The number of hydrogen-bond acceptors (Lipinski definition) is 6. The monoisotopic (exact) mass is 401 g/mol. The molecule has 0 N–H and O–H groups in total. The minimum absolute atomic E-state index is 0.683. The SMILES string of the molecule is Clc1cccc(-n2c(SCCN3CCOCC3)nnc2-c2cccnc2)c1. The van der Waals surface area contributed by atoms with Crippen LogP contribution >= 0.6 is 23.4 Å². The van der Waals surface area contributed by atoms with E-state index < -0.39 is 0 Å². The van der Waals surface area contributed by atoms with Gasteiger partial charge in [0.25, 0.3) is 0 Å². The van der Waals surface area contributed by atoms with Crippen molar-refractivity contribution in [3.63, 3.8) is 0 Å². The minimum Gasteiger partial charge on any atom is -0.379 e. The Balaban J connectivity index is 1.60. The molecule has 0 bridgehead atoms. The van der Waals surface area contributed by atoms with Crippen molar-refractivity contribution in [3.8, 4) is 17.1 Å². The van der Waals surface area contributed by atoms with Gasteiger partial charge in [-0.2, -0.15) is 0 Å². The van der Waals surface area contributed by atoms with E-state index in [0.717, 1.165) is 60.8 Å². The summed E-state index contributed by atoms with van der Waals surface area (Å²) in [6.45, 7) is 4.60. The van der Waals surface area contributed by atoms with Gasteiger partial charge in [-0.3, -0.25) is 14.5 Å². The van der Waals surface area contributed by atoms with Crippen molar-refractivity contribution in [1.82, 2.24) is 24.6 Å². The van der Waals surface area contributed by atoms with Gasteiger partial charge in [-0.25, -0.2) is 0 Å². The predicted molar refractivity (Wildman–Crippen MR) is 108 cm³/mol. The molecule has 3 aromatic rings. The maximum absolute atomic E-state index is 6.23. The first-order valence-electron chi connectivity index (χ1n) is 8.86. The van der Waals surface area contributed by atoms with Gasteiger partial charge in [0.15, 0.2) is 11.0 Å². The van der Waals surface area contributed by atoms with Gasteiger partial charge in [0, 0.05) is 48.4 Å². The van der Waals surface area contributed by atoms with Crippen molar-refractivity contribution < 1.29 is 4.74 Å². The summed E-state index contributed by atoms with van der Waals surface area (Å²) < 4.78 is 7.46. The van der Waals surface area contributed by atoms with Crippen molar-refractivity contribution >= 4 is 23.4 Å². The van der Waals surface area contributed by atoms with Crippen LogP contribution in [0.25, 0.3) is 17.1 Å². The van der Waals surface area contributed by atoms with Gasteiger partial charge < -0.3 is 4.74 Å². The maximum atomic E-state index is 6.23. The van der Waals surface area contributed by atoms with Crippen molar-refractivity contribution in [2.75, 3.05) is 38.6 Å². The van der Waals surface area contributed by atoms with Crippen LogP contribution in [0.15, 0.2) is 53.9 Å². The predicted octanol–water partition coefficient (Wildman–Crippen LogP) is 3.41. The summed E-state index contributed by atoms with van der Waals surface area (Å²) in [5, 5.41) is 10.4.